The average molecular weight is 238 g/mol. The second kappa shape index (κ2) is 4.88. The van der Waals surface area contributed by atoms with E-state index in [1.54, 1.807) is 0 Å². The van der Waals surface area contributed by atoms with Gasteiger partial charge >= 0.3 is 0 Å². The van der Waals surface area contributed by atoms with E-state index in [0.29, 0.717) is 5.54 Å². The van der Waals surface area contributed by atoms with Crippen LogP contribution in [0, 0.1) is 0 Å². The molecule has 2 heteroatoms. The topological polar surface area (TPSA) is 9.23 Å². The fourth-order valence-electron chi connectivity index (χ4n) is 2.10. The third-order valence-corrected chi connectivity index (χ3v) is 6.86. The van der Waals surface area contributed by atoms with Crippen LogP contribution < -0.4 is 0 Å². The minimum absolute atomic E-state index is 0.0275. The Balaban J connectivity index is 2.68. The maximum absolute atomic E-state index is 6.41. The van der Waals surface area contributed by atoms with Crippen LogP contribution in [0.4, 0.5) is 0 Å². The van der Waals surface area contributed by atoms with Crippen molar-refractivity contribution in [3.8, 4) is 0 Å². The summed E-state index contributed by atoms with van der Waals surface area (Å²) in [6, 6.07) is 0. The van der Waals surface area contributed by atoms with Crippen LogP contribution in [0.15, 0.2) is 23.8 Å². The molecule has 0 bridgehead atoms. The van der Waals surface area contributed by atoms with Crippen LogP contribution in [0.25, 0.3) is 0 Å². The van der Waals surface area contributed by atoms with Gasteiger partial charge in [-0.05, 0) is 52.2 Å². The molecule has 1 aliphatic carbocycles. The molecule has 0 N–H and O–H groups in total. The first-order valence-electron chi connectivity index (χ1n) is 6.32. The molecule has 0 aromatic carbocycles. The smallest absolute Gasteiger partial charge is 0.194 e. The first-order chi connectivity index (χ1) is 7.27. The molecule has 1 aliphatic rings. The summed E-state index contributed by atoms with van der Waals surface area (Å²) in [5.41, 5.74) is 2.04. The van der Waals surface area contributed by atoms with Crippen molar-refractivity contribution in [2.75, 3.05) is 0 Å². The van der Waals surface area contributed by atoms with Crippen molar-refractivity contribution < 1.29 is 4.43 Å². The zero-order valence-electron chi connectivity index (χ0n) is 11.6. The van der Waals surface area contributed by atoms with Crippen molar-refractivity contribution in [1.29, 1.82) is 0 Å². The van der Waals surface area contributed by atoms with E-state index in [4.69, 9.17) is 4.43 Å². The minimum Gasteiger partial charge on any atom is -0.412 e. The van der Waals surface area contributed by atoms with Crippen LogP contribution in [-0.4, -0.2) is 13.9 Å². The Hall–Kier alpha value is -0.343. The molecule has 0 saturated carbocycles. The van der Waals surface area contributed by atoms with Crippen LogP contribution >= 0.6 is 0 Å². The third kappa shape index (κ3) is 3.60. The monoisotopic (exact) mass is 238 g/mol. The predicted molar refractivity (Wildman–Crippen MR) is 74.2 cm³/mol. The van der Waals surface area contributed by atoms with Crippen LogP contribution in [-0.2, 0) is 4.43 Å². The summed E-state index contributed by atoms with van der Waals surface area (Å²) >= 11 is 0. The summed E-state index contributed by atoms with van der Waals surface area (Å²) in [4.78, 5) is 0. The fraction of sp³-hybridized carbons (Fsp3) is 0.714. The third-order valence-electron chi connectivity index (χ3n) is 3.57. The van der Waals surface area contributed by atoms with E-state index >= 15 is 0 Å². The van der Waals surface area contributed by atoms with E-state index < -0.39 is 8.32 Å². The van der Waals surface area contributed by atoms with Crippen molar-refractivity contribution in [2.45, 2.75) is 64.8 Å². The van der Waals surface area contributed by atoms with Gasteiger partial charge in [0.15, 0.2) is 8.32 Å². The van der Waals surface area contributed by atoms with E-state index in [9.17, 15) is 0 Å². The Labute approximate surface area is 102 Å². The van der Waals surface area contributed by atoms with Crippen molar-refractivity contribution in [3.05, 3.63) is 23.8 Å². The van der Waals surface area contributed by atoms with Gasteiger partial charge < -0.3 is 4.43 Å². The lowest BCUT2D eigenvalue weighted by molar-refractivity contribution is 0.0927. The lowest BCUT2D eigenvalue weighted by Gasteiger charge is -2.39. The van der Waals surface area contributed by atoms with Gasteiger partial charge in [-0.25, -0.2) is 0 Å². The van der Waals surface area contributed by atoms with Gasteiger partial charge in [0.1, 0.15) is 0 Å². The number of rotatable bonds is 4. The van der Waals surface area contributed by atoms with E-state index in [0.717, 1.165) is 12.8 Å². The molecule has 0 aromatic rings. The number of hydrogen-bond acceptors (Lipinski definition) is 1. The lowest BCUT2D eigenvalue weighted by Crippen LogP contribution is -2.44. The van der Waals surface area contributed by atoms with Gasteiger partial charge in [0.2, 0.25) is 0 Å². The van der Waals surface area contributed by atoms with Gasteiger partial charge in [-0.15, -0.1) is 0 Å². The molecule has 1 nitrogen and oxygen atoms in total. The average Bonchev–Trinajstić information content (AvgIpc) is 2.17. The molecular formula is C14H26OSi. The highest BCUT2D eigenvalue weighted by atomic mass is 28.4. The maximum atomic E-state index is 6.41. The Kier molecular flexibility index (Phi) is 4.19. The molecule has 0 aromatic heterocycles. The molecule has 0 saturated heterocycles. The predicted octanol–water partition coefficient (Wildman–Crippen LogP) is 4.67. The first kappa shape index (κ1) is 13.7. The van der Waals surface area contributed by atoms with Crippen LogP contribution in [0.1, 0.15) is 40.5 Å². The number of allylic oxidation sites excluding steroid dienone is 4. The molecular weight excluding hydrogens is 212 g/mol. The van der Waals surface area contributed by atoms with E-state index in [-0.39, 0.29) is 5.60 Å². The van der Waals surface area contributed by atoms with Gasteiger partial charge in [0.25, 0.3) is 0 Å². The largest absolute Gasteiger partial charge is 0.412 e. The van der Waals surface area contributed by atoms with E-state index in [1.807, 2.05) is 0 Å². The van der Waals surface area contributed by atoms with Crippen molar-refractivity contribution in [1.82, 2.24) is 0 Å². The second-order valence-electron chi connectivity index (χ2n) is 5.97. The summed E-state index contributed by atoms with van der Waals surface area (Å²) in [7, 11) is -1.62. The molecule has 1 unspecified atom stereocenters. The van der Waals surface area contributed by atoms with E-state index in [1.165, 1.54) is 5.57 Å². The molecule has 16 heavy (non-hydrogen) atoms. The molecule has 0 amide bonds. The van der Waals surface area contributed by atoms with Gasteiger partial charge in [-0.3, -0.25) is 0 Å². The van der Waals surface area contributed by atoms with Crippen LogP contribution in [0.3, 0.4) is 0 Å². The van der Waals surface area contributed by atoms with Crippen LogP contribution in [0.2, 0.25) is 18.6 Å². The SMILES string of the molecule is CCC(C)(C)O[Si](C)(C)C1C=CC(C)=CC1. The molecule has 1 atom stereocenters. The van der Waals surface area contributed by atoms with Crippen LogP contribution in [0.5, 0.6) is 0 Å². The molecule has 1 rings (SSSR count). The van der Waals surface area contributed by atoms with Crippen molar-refractivity contribution in [3.63, 3.8) is 0 Å². The standard InChI is InChI=1S/C14H26OSi/c1-7-14(3,4)15-16(5,6)13-10-8-12(2)9-11-13/h8-10,13H,7,11H2,1-6H3. The molecule has 0 radical (unpaired) electrons. The quantitative estimate of drug-likeness (QED) is 0.647. The second-order valence-corrected chi connectivity index (χ2v) is 10.1. The van der Waals surface area contributed by atoms with Gasteiger partial charge in [-0.1, -0.05) is 30.7 Å². The zero-order valence-corrected chi connectivity index (χ0v) is 12.6. The van der Waals surface area contributed by atoms with E-state index in [2.05, 4.69) is 59.0 Å². The molecule has 0 heterocycles. The van der Waals surface area contributed by atoms with Gasteiger partial charge in [0.05, 0.1) is 5.60 Å². The fourth-order valence-corrected chi connectivity index (χ4v) is 5.07. The molecule has 0 aliphatic heterocycles. The molecule has 92 valence electrons. The Morgan fingerprint density at radius 3 is 2.50 bits per heavy atom. The summed E-state index contributed by atoms with van der Waals surface area (Å²) in [5, 5.41) is 0. The van der Waals surface area contributed by atoms with Gasteiger partial charge in [0, 0.05) is 0 Å². The highest BCUT2D eigenvalue weighted by Gasteiger charge is 2.36. The number of hydrogen-bond donors (Lipinski definition) is 0. The van der Waals surface area contributed by atoms with Crippen molar-refractivity contribution >= 4 is 8.32 Å². The molecule has 0 spiro atoms. The Morgan fingerprint density at radius 1 is 1.44 bits per heavy atom. The minimum atomic E-state index is -1.62. The Bertz CT molecular complexity index is 300. The zero-order chi connectivity index (χ0) is 12.4. The summed E-state index contributed by atoms with van der Waals surface area (Å²) in [5.74, 6) is 0. The normalized spacial score (nSPS) is 22.1. The maximum Gasteiger partial charge on any atom is 0.194 e. The summed E-state index contributed by atoms with van der Waals surface area (Å²) in [6.45, 7) is 13.5. The highest BCUT2D eigenvalue weighted by molar-refractivity contribution is 6.73. The Morgan fingerprint density at radius 2 is 2.06 bits per heavy atom. The van der Waals surface area contributed by atoms with Gasteiger partial charge in [-0.2, -0.15) is 0 Å². The lowest BCUT2D eigenvalue weighted by atomic mass is 10.1. The summed E-state index contributed by atoms with van der Waals surface area (Å²) < 4.78 is 6.41. The van der Waals surface area contributed by atoms with Crippen molar-refractivity contribution in [2.24, 2.45) is 0 Å². The first-order valence-corrected chi connectivity index (χ1v) is 9.30. The highest BCUT2D eigenvalue weighted by Crippen LogP contribution is 2.35. The molecule has 0 fully saturated rings. The summed E-state index contributed by atoms with van der Waals surface area (Å²) in [6.07, 6.45) is 9.16.